The second-order valence-electron chi connectivity index (χ2n) is 5.31. The maximum Gasteiger partial charge on any atom is 0.0459 e. The SMILES string of the molecule is CCC(N)Cc1c(Cl)cccc1N(C)C1CCC1. The molecule has 0 aromatic heterocycles. The van der Waals surface area contributed by atoms with Crippen LogP contribution < -0.4 is 10.6 Å². The zero-order valence-electron chi connectivity index (χ0n) is 11.3. The summed E-state index contributed by atoms with van der Waals surface area (Å²) in [5, 5.41) is 0.850. The number of rotatable bonds is 5. The second-order valence-corrected chi connectivity index (χ2v) is 5.71. The molecule has 1 unspecified atom stereocenters. The Hall–Kier alpha value is -0.730. The molecule has 0 aliphatic heterocycles. The minimum atomic E-state index is 0.193. The Morgan fingerprint density at radius 2 is 2.17 bits per heavy atom. The Morgan fingerprint density at radius 3 is 2.72 bits per heavy atom. The molecule has 1 saturated carbocycles. The van der Waals surface area contributed by atoms with Crippen LogP contribution in [-0.4, -0.2) is 19.1 Å². The Balaban J connectivity index is 2.24. The van der Waals surface area contributed by atoms with Crippen molar-refractivity contribution in [3.8, 4) is 0 Å². The molecule has 18 heavy (non-hydrogen) atoms. The number of hydrogen-bond acceptors (Lipinski definition) is 2. The van der Waals surface area contributed by atoms with Crippen LogP contribution in [0.3, 0.4) is 0 Å². The van der Waals surface area contributed by atoms with Crippen LogP contribution in [-0.2, 0) is 6.42 Å². The number of hydrogen-bond donors (Lipinski definition) is 1. The first kappa shape index (κ1) is 13.7. The largest absolute Gasteiger partial charge is 0.371 e. The molecule has 2 rings (SSSR count). The van der Waals surface area contributed by atoms with Gasteiger partial charge in [0.2, 0.25) is 0 Å². The lowest BCUT2D eigenvalue weighted by atomic mass is 9.90. The minimum Gasteiger partial charge on any atom is -0.371 e. The van der Waals surface area contributed by atoms with Gasteiger partial charge in [-0.15, -0.1) is 0 Å². The molecule has 0 radical (unpaired) electrons. The molecule has 0 heterocycles. The van der Waals surface area contributed by atoms with Crippen molar-refractivity contribution in [3.05, 3.63) is 28.8 Å². The van der Waals surface area contributed by atoms with Gasteiger partial charge in [-0.25, -0.2) is 0 Å². The van der Waals surface area contributed by atoms with Crippen LogP contribution in [0, 0.1) is 0 Å². The van der Waals surface area contributed by atoms with Crippen LogP contribution in [0.5, 0.6) is 0 Å². The third kappa shape index (κ3) is 2.81. The van der Waals surface area contributed by atoms with Gasteiger partial charge in [0, 0.05) is 29.8 Å². The van der Waals surface area contributed by atoms with Gasteiger partial charge in [0.15, 0.2) is 0 Å². The van der Waals surface area contributed by atoms with Crippen LogP contribution >= 0.6 is 11.6 Å². The van der Waals surface area contributed by atoms with Gasteiger partial charge in [-0.3, -0.25) is 0 Å². The van der Waals surface area contributed by atoms with E-state index in [4.69, 9.17) is 17.3 Å². The van der Waals surface area contributed by atoms with Gasteiger partial charge in [0.1, 0.15) is 0 Å². The molecular weight excluding hydrogens is 244 g/mol. The summed E-state index contributed by atoms with van der Waals surface area (Å²) in [6.07, 6.45) is 5.78. The summed E-state index contributed by atoms with van der Waals surface area (Å²) >= 11 is 6.36. The van der Waals surface area contributed by atoms with E-state index in [0.717, 1.165) is 17.9 Å². The van der Waals surface area contributed by atoms with Crippen molar-refractivity contribution < 1.29 is 0 Å². The quantitative estimate of drug-likeness (QED) is 0.882. The average Bonchev–Trinajstić information content (AvgIpc) is 2.29. The van der Waals surface area contributed by atoms with E-state index in [2.05, 4.69) is 24.9 Å². The lowest BCUT2D eigenvalue weighted by molar-refractivity contribution is 0.400. The zero-order chi connectivity index (χ0) is 13.1. The smallest absolute Gasteiger partial charge is 0.0459 e. The van der Waals surface area contributed by atoms with Crippen LogP contribution in [0.4, 0.5) is 5.69 Å². The van der Waals surface area contributed by atoms with E-state index >= 15 is 0 Å². The summed E-state index contributed by atoms with van der Waals surface area (Å²) in [5.74, 6) is 0. The Labute approximate surface area is 115 Å². The molecule has 0 saturated heterocycles. The van der Waals surface area contributed by atoms with Crippen molar-refractivity contribution in [1.82, 2.24) is 0 Å². The highest BCUT2D eigenvalue weighted by Crippen LogP contribution is 2.34. The molecule has 100 valence electrons. The van der Waals surface area contributed by atoms with Crippen molar-refractivity contribution >= 4 is 17.3 Å². The van der Waals surface area contributed by atoms with Gasteiger partial charge in [-0.05, 0) is 49.8 Å². The van der Waals surface area contributed by atoms with Crippen molar-refractivity contribution in [1.29, 1.82) is 0 Å². The Bertz CT molecular complexity index is 401. The van der Waals surface area contributed by atoms with Crippen LogP contribution in [0.2, 0.25) is 5.02 Å². The van der Waals surface area contributed by atoms with E-state index in [9.17, 15) is 0 Å². The van der Waals surface area contributed by atoms with Crippen molar-refractivity contribution in [2.75, 3.05) is 11.9 Å². The molecule has 2 nitrogen and oxygen atoms in total. The maximum atomic E-state index is 6.36. The fourth-order valence-corrected chi connectivity index (χ4v) is 2.70. The second kappa shape index (κ2) is 5.94. The Kier molecular flexibility index (Phi) is 4.52. The fourth-order valence-electron chi connectivity index (χ4n) is 2.46. The van der Waals surface area contributed by atoms with Crippen LogP contribution in [0.1, 0.15) is 38.2 Å². The fraction of sp³-hybridized carbons (Fsp3) is 0.600. The number of nitrogens with two attached hydrogens (primary N) is 1. The summed E-state index contributed by atoms with van der Waals surface area (Å²) in [4.78, 5) is 2.38. The summed E-state index contributed by atoms with van der Waals surface area (Å²) in [6, 6.07) is 7.05. The molecule has 1 atom stereocenters. The molecule has 1 aliphatic carbocycles. The van der Waals surface area contributed by atoms with Gasteiger partial charge in [-0.2, -0.15) is 0 Å². The van der Waals surface area contributed by atoms with Gasteiger partial charge < -0.3 is 10.6 Å². The topological polar surface area (TPSA) is 29.3 Å². The molecule has 1 aromatic carbocycles. The first-order valence-corrected chi connectivity index (χ1v) is 7.27. The molecule has 0 bridgehead atoms. The molecule has 0 spiro atoms. The zero-order valence-corrected chi connectivity index (χ0v) is 12.1. The normalized spacial score (nSPS) is 17.3. The third-order valence-corrected chi connectivity index (χ3v) is 4.44. The highest BCUT2D eigenvalue weighted by Gasteiger charge is 2.24. The highest BCUT2D eigenvalue weighted by atomic mass is 35.5. The van der Waals surface area contributed by atoms with Gasteiger partial charge >= 0.3 is 0 Å². The standard InChI is InChI=1S/C15H23ClN2/c1-3-11(17)10-13-14(16)8-5-9-15(13)18(2)12-6-4-7-12/h5,8-9,11-12H,3-4,6-7,10,17H2,1-2H3. The van der Waals surface area contributed by atoms with E-state index in [0.29, 0.717) is 6.04 Å². The number of halogens is 1. The molecular formula is C15H23ClN2. The van der Waals surface area contributed by atoms with E-state index in [-0.39, 0.29) is 6.04 Å². The lowest BCUT2D eigenvalue weighted by Gasteiger charge is -2.37. The lowest BCUT2D eigenvalue weighted by Crippen LogP contribution is -2.38. The number of benzene rings is 1. The van der Waals surface area contributed by atoms with Crippen LogP contribution in [0.15, 0.2) is 18.2 Å². The number of anilines is 1. The highest BCUT2D eigenvalue weighted by molar-refractivity contribution is 6.31. The van der Waals surface area contributed by atoms with Crippen molar-refractivity contribution in [2.24, 2.45) is 5.73 Å². The van der Waals surface area contributed by atoms with E-state index in [1.54, 1.807) is 0 Å². The molecule has 1 aliphatic rings. The van der Waals surface area contributed by atoms with Crippen molar-refractivity contribution in [3.63, 3.8) is 0 Å². The molecule has 2 N–H and O–H groups in total. The summed E-state index contributed by atoms with van der Waals surface area (Å²) in [5.41, 5.74) is 8.56. The van der Waals surface area contributed by atoms with E-state index in [1.807, 2.05) is 12.1 Å². The summed E-state index contributed by atoms with van der Waals surface area (Å²) in [6.45, 7) is 2.12. The third-order valence-electron chi connectivity index (χ3n) is 4.09. The average molecular weight is 267 g/mol. The van der Waals surface area contributed by atoms with Gasteiger partial charge in [0.25, 0.3) is 0 Å². The van der Waals surface area contributed by atoms with E-state index in [1.165, 1.54) is 30.5 Å². The predicted molar refractivity (Wildman–Crippen MR) is 79.5 cm³/mol. The summed E-state index contributed by atoms with van der Waals surface area (Å²) < 4.78 is 0. The van der Waals surface area contributed by atoms with Crippen LogP contribution in [0.25, 0.3) is 0 Å². The first-order chi connectivity index (χ1) is 8.63. The van der Waals surface area contributed by atoms with Gasteiger partial charge in [-0.1, -0.05) is 24.6 Å². The molecule has 3 heteroatoms. The van der Waals surface area contributed by atoms with Gasteiger partial charge in [0.05, 0.1) is 0 Å². The summed E-state index contributed by atoms with van der Waals surface area (Å²) in [7, 11) is 2.18. The minimum absolute atomic E-state index is 0.193. The van der Waals surface area contributed by atoms with Crippen molar-refractivity contribution in [2.45, 2.75) is 51.1 Å². The molecule has 1 fully saturated rings. The first-order valence-electron chi connectivity index (χ1n) is 6.89. The number of nitrogens with zero attached hydrogens (tertiary/aromatic N) is 1. The Morgan fingerprint density at radius 1 is 1.44 bits per heavy atom. The maximum absolute atomic E-state index is 6.36. The predicted octanol–water partition coefficient (Wildman–Crippen LogP) is 3.61. The monoisotopic (exact) mass is 266 g/mol. The van der Waals surface area contributed by atoms with E-state index < -0.39 is 0 Å². The molecule has 0 amide bonds. The molecule has 1 aromatic rings.